The van der Waals surface area contributed by atoms with Gasteiger partial charge in [0, 0.05) is 48.0 Å². The second-order valence-electron chi connectivity index (χ2n) is 8.27. The van der Waals surface area contributed by atoms with Gasteiger partial charge in [-0.3, -0.25) is 5.10 Å². The minimum absolute atomic E-state index is 0.127. The minimum atomic E-state index is 0.127. The van der Waals surface area contributed by atoms with E-state index in [1.54, 1.807) is 6.33 Å². The van der Waals surface area contributed by atoms with Gasteiger partial charge in [-0.25, -0.2) is 15.0 Å². The van der Waals surface area contributed by atoms with Gasteiger partial charge in [-0.05, 0) is 63.1 Å². The average Bonchev–Trinajstić information content (AvgIpc) is 3.23. The molecule has 1 aromatic carbocycles. The number of pyridine rings is 1. The molecule has 1 aliphatic rings. The van der Waals surface area contributed by atoms with Gasteiger partial charge in [0.25, 0.3) is 0 Å². The molecule has 0 spiro atoms. The number of nitrogens with zero attached hydrogens (tertiary/aromatic N) is 5. The van der Waals surface area contributed by atoms with Gasteiger partial charge in [-0.1, -0.05) is 0 Å². The molecule has 5 rings (SSSR count). The zero-order valence-electron chi connectivity index (χ0n) is 17.8. The lowest BCUT2D eigenvalue weighted by molar-refractivity contribution is 0.243. The van der Waals surface area contributed by atoms with Crippen molar-refractivity contribution in [3.05, 3.63) is 60.8 Å². The van der Waals surface area contributed by atoms with Crippen molar-refractivity contribution < 1.29 is 4.74 Å². The molecule has 4 heterocycles. The summed E-state index contributed by atoms with van der Waals surface area (Å²) >= 11 is 0. The highest BCUT2D eigenvalue weighted by molar-refractivity contribution is 5.94. The number of aromatic amines is 1. The standard InChI is InChI=1S/C24H26N6O/c1-16(2)31-19-5-6-22-20(13-19)24(29-28-22)17-7-10-26-23(12-17)30-11-3-4-18(14-30)21-8-9-25-15-27-21/h5-10,12-13,15-16,18H,3-4,11,14H2,1-2H3,(H,28,29). The molecule has 4 aromatic rings. The number of piperidine rings is 1. The molecule has 1 fully saturated rings. The van der Waals surface area contributed by atoms with Crippen molar-refractivity contribution >= 4 is 16.7 Å². The molecule has 0 aliphatic carbocycles. The quantitative estimate of drug-likeness (QED) is 0.515. The molecule has 0 radical (unpaired) electrons. The molecular formula is C24H26N6O. The SMILES string of the molecule is CC(C)Oc1ccc2[nH]nc(-c3ccnc(N4CCCC(c5ccncn5)C4)c3)c2c1. The lowest BCUT2D eigenvalue weighted by Crippen LogP contribution is -2.35. The van der Waals surface area contributed by atoms with Crippen molar-refractivity contribution in [2.75, 3.05) is 18.0 Å². The van der Waals surface area contributed by atoms with Crippen molar-refractivity contribution in [2.24, 2.45) is 0 Å². The lowest BCUT2D eigenvalue weighted by atomic mass is 9.94. The first-order chi connectivity index (χ1) is 15.2. The average molecular weight is 415 g/mol. The number of aromatic nitrogens is 5. The van der Waals surface area contributed by atoms with Gasteiger partial charge < -0.3 is 9.64 Å². The first kappa shape index (κ1) is 19.5. The van der Waals surface area contributed by atoms with Crippen molar-refractivity contribution in [1.82, 2.24) is 25.1 Å². The summed E-state index contributed by atoms with van der Waals surface area (Å²) in [5.74, 6) is 2.22. The third-order valence-electron chi connectivity index (χ3n) is 5.69. The Balaban J connectivity index is 1.44. The summed E-state index contributed by atoms with van der Waals surface area (Å²) in [4.78, 5) is 15.5. The molecule has 1 saturated heterocycles. The number of rotatable bonds is 5. The minimum Gasteiger partial charge on any atom is -0.491 e. The van der Waals surface area contributed by atoms with Gasteiger partial charge in [0.15, 0.2) is 0 Å². The topological polar surface area (TPSA) is 79.8 Å². The molecular weight excluding hydrogens is 388 g/mol. The maximum Gasteiger partial charge on any atom is 0.129 e. The van der Waals surface area contributed by atoms with E-state index in [2.05, 4.69) is 42.2 Å². The summed E-state index contributed by atoms with van der Waals surface area (Å²) in [7, 11) is 0. The van der Waals surface area contributed by atoms with E-state index in [9.17, 15) is 0 Å². The fraction of sp³-hybridized carbons (Fsp3) is 0.333. The summed E-state index contributed by atoms with van der Waals surface area (Å²) in [6, 6.07) is 12.2. The zero-order valence-corrected chi connectivity index (χ0v) is 17.8. The van der Waals surface area contributed by atoms with Crippen molar-refractivity contribution in [2.45, 2.75) is 38.7 Å². The van der Waals surface area contributed by atoms with Crippen LogP contribution in [-0.4, -0.2) is 44.3 Å². The molecule has 1 unspecified atom stereocenters. The summed E-state index contributed by atoms with van der Waals surface area (Å²) in [5, 5.41) is 8.78. The number of hydrogen-bond donors (Lipinski definition) is 1. The molecule has 7 nitrogen and oxygen atoms in total. The maximum atomic E-state index is 5.88. The maximum absolute atomic E-state index is 5.88. The zero-order chi connectivity index (χ0) is 21.2. The summed E-state index contributed by atoms with van der Waals surface area (Å²) in [6.07, 6.45) is 7.70. The number of benzene rings is 1. The van der Waals surface area contributed by atoms with Crippen LogP contribution in [0, 0.1) is 0 Å². The van der Waals surface area contributed by atoms with Crippen LogP contribution in [0.25, 0.3) is 22.2 Å². The van der Waals surface area contributed by atoms with Crippen molar-refractivity contribution in [3.63, 3.8) is 0 Å². The van der Waals surface area contributed by atoms with E-state index in [-0.39, 0.29) is 6.10 Å². The van der Waals surface area contributed by atoms with Gasteiger partial charge in [0.2, 0.25) is 0 Å². The fourth-order valence-electron chi connectivity index (χ4n) is 4.27. The molecule has 7 heteroatoms. The second kappa shape index (κ2) is 8.34. The first-order valence-corrected chi connectivity index (χ1v) is 10.8. The molecule has 0 bridgehead atoms. The van der Waals surface area contributed by atoms with Crippen LogP contribution in [0.5, 0.6) is 5.75 Å². The molecule has 158 valence electrons. The van der Waals surface area contributed by atoms with Crippen molar-refractivity contribution in [3.8, 4) is 17.0 Å². The normalized spacial score (nSPS) is 16.7. The van der Waals surface area contributed by atoms with Gasteiger partial charge in [0.1, 0.15) is 23.6 Å². The predicted molar refractivity (Wildman–Crippen MR) is 121 cm³/mol. The third kappa shape index (κ3) is 4.08. The highest BCUT2D eigenvalue weighted by atomic mass is 16.5. The molecule has 1 N–H and O–H groups in total. The molecule has 0 saturated carbocycles. The Morgan fingerprint density at radius 2 is 2.03 bits per heavy atom. The van der Waals surface area contributed by atoms with Crippen LogP contribution < -0.4 is 9.64 Å². The number of anilines is 1. The largest absolute Gasteiger partial charge is 0.491 e. The van der Waals surface area contributed by atoms with E-state index in [0.29, 0.717) is 5.92 Å². The number of H-pyrrole nitrogens is 1. The van der Waals surface area contributed by atoms with E-state index < -0.39 is 0 Å². The van der Waals surface area contributed by atoms with Crippen LogP contribution in [0.1, 0.15) is 38.3 Å². The Hall–Kier alpha value is -3.48. The second-order valence-corrected chi connectivity index (χ2v) is 8.27. The Kier molecular flexibility index (Phi) is 5.24. The number of hydrogen-bond acceptors (Lipinski definition) is 6. The van der Waals surface area contributed by atoms with Crippen molar-refractivity contribution in [1.29, 1.82) is 0 Å². The van der Waals surface area contributed by atoms with E-state index in [1.165, 1.54) is 0 Å². The van der Waals surface area contributed by atoms with Crippen LogP contribution in [0.4, 0.5) is 5.82 Å². The van der Waals surface area contributed by atoms with Crippen LogP contribution in [0.15, 0.2) is 55.1 Å². The fourth-order valence-corrected chi connectivity index (χ4v) is 4.27. The Bertz CT molecular complexity index is 1170. The molecule has 1 atom stereocenters. The van der Waals surface area contributed by atoms with E-state index >= 15 is 0 Å². The molecule has 3 aromatic heterocycles. The third-order valence-corrected chi connectivity index (χ3v) is 5.69. The van der Waals surface area contributed by atoms with Gasteiger partial charge >= 0.3 is 0 Å². The Morgan fingerprint density at radius 1 is 1.10 bits per heavy atom. The lowest BCUT2D eigenvalue weighted by Gasteiger charge is -2.33. The van der Waals surface area contributed by atoms with Crippen LogP contribution in [0.3, 0.4) is 0 Å². The van der Waals surface area contributed by atoms with Gasteiger partial charge in [-0.2, -0.15) is 5.10 Å². The first-order valence-electron chi connectivity index (χ1n) is 10.8. The van der Waals surface area contributed by atoms with Crippen LogP contribution in [-0.2, 0) is 0 Å². The Morgan fingerprint density at radius 3 is 2.87 bits per heavy atom. The Labute approximate surface area is 181 Å². The van der Waals surface area contributed by atoms with Gasteiger partial charge in [0.05, 0.1) is 11.6 Å². The van der Waals surface area contributed by atoms with Crippen LogP contribution in [0.2, 0.25) is 0 Å². The number of fused-ring (bicyclic) bond motifs is 1. The number of ether oxygens (including phenoxy) is 1. The van der Waals surface area contributed by atoms with Crippen LogP contribution >= 0.6 is 0 Å². The van der Waals surface area contributed by atoms with Gasteiger partial charge in [-0.15, -0.1) is 0 Å². The van der Waals surface area contributed by atoms with E-state index in [4.69, 9.17) is 4.74 Å². The summed E-state index contributed by atoms with van der Waals surface area (Å²) in [5.41, 5.74) is 4.05. The monoisotopic (exact) mass is 414 g/mol. The summed E-state index contributed by atoms with van der Waals surface area (Å²) in [6.45, 7) is 5.96. The molecule has 1 aliphatic heterocycles. The highest BCUT2D eigenvalue weighted by Crippen LogP contribution is 2.33. The number of nitrogens with one attached hydrogen (secondary N) is 1. The highest BCUT2D eigenvalue weighted by Gasteiger charge is 2.23. The van der Waals surface area contributed by atoms with E-state index in [1.807, 2.05) is 50.5 Å². The molecule has 0 amide bonds. The predicted octanol–water partition coefficient (Wildman–Crippen LogP) is 4.59. The van der Waals surface area contributed by atoms with E-state index in [0.717, 1.165) is 65.4 Å². The summed E-state index contributed by atoms with van der Waals surface area (Å²) < 4.78 is 5.88. The smallest absolute Gasteiger partial charge is 0.129 e. The molecule has 31 heavy (non-hydrogen) atoms.